The number of methoxy groups -OCH3 is 1. The monoisotopic (exact) mass is 275 g/mol. The number of halogens is 1. The van der Waals surface area contributed by atoms with Crippen molar-refractivity contribution in [1.29, 1.82) is 0 Å². The van der Waals surface area contributed by atoms with Gasteiger partial charge in [0, 0.05) is 11.6 Å². The Morgan fingerprint density at radius 2 is 1.70 bits per heavy atom. The molecule has 0 saturated carbocycles. The second-order valence-corrected chi connectivity index (χ2v) is 4.44. The Labute approximate surface area is 118 Å². The highest BCUT2D eigenvalue weighted by Gasteiger charge is 2.15. The highest BCUT2D eigenvalue weighted by Crippen LogP contribution is 2.32. The van der Waals surface area contributed by atoms with Gasteiger partial charge in [-0.1, -0.05) is 6.07 Å². The van der Waals surface area contributed by atoms with E-state index in [4.69, 9.17) is 9.47 Å². The number of ether oxygens (including phenoxy) is 2. The molecule has 0 bridgehead atoms. The molecule has 0 radical (unpaired) electrons. The molecule has 0 heterocycles. The van der Waals surface area contributed by atoms with Gasteiger partial charge in [0.15, 0.2) is 0 Å². The summed E-state index contributed by atoms with van der Waals surface area (Å²) in [6.07, 6.45) is 0. The van der Waals surface area contributed by atoms with Crippen molar-refractivity contribution in [2.45, 2.75) is 13.0 Å². The summed E-state index contributed by atoms with van der Waals surface area (Å²) in [5, 5.41) is 3.03. The zero-order chi connectivity index (χ0) is 14.5. The van der Waals surface area contributed by atoms with E-state index in [0.29, 0.717) is 17.1 Å². The third-order valence-corrected chi connectivity index (χ3v) is 3.17. The number of hydrogen-bond donors (Lipinski definition) is 1. The molecular weight excluding hydrogens is 257 g/mol. The maximum atomic E-state index is 14.0. The minimum Gasteiger partial charge on any atom is -0.497 e. The zero-order valence-electron chi connectivity index (χ0n) is 11.8. The Bertz CT molecular complexity index is 569. The molecule has 106 valence electrons. The molecule has 1 N–H and O–H groups in total. The number of nitrogens with one attached hydrogen (secondary N) is 1. The quantitative estimate of drug-likeness (QED) is 0.897. The van der Waals surface area contributed by atoms with Crippen molar-refractivity contribution in [3.05, 3.63) is 53.8 Å². The second kappa shape index (κ2) is 6.39. The molecule has 2 rings (SSSR count). The number of rotatable bonds is 5. The number of benzene rings is 2. The Kier molecular flexibility index (Phi) is 4.58. The van der Waals surface area contributed by atoms with Crippen LogP contribution in [0.3, 0.4) is 0 Å². The SMILES string of the molecule is CNC(C)c1c(F)cccc1Oc1ccc(OC)cc1. The van der Waals surface area contributed by atoms with E-state index in [9.17, 15) is 4.39 Å². The van der Waals surface area contributed by atoms with E-state index in [0.717, 1.165) is 5.75 Å². The summed E-state index contributed by atoms with van der Waals surface area (Å²) >= 11 is 0. The first-order chi connectivity index (χ1) is 9.65. The van der Waals surface area contributed by atoms with Crippen LogP contribution in [0.2, 0.25) is 0 Å². The Hall–Kier alpha value is -2.07. The van der Waals surface area contributed by atoms with Crippen molar-refractivity contribution in [3.63, 3.8) is 0 Å². The predicted octanol–water partition coefficient (Wildman–Crippen LogP) is 3.91. The van der Waals surface area contributed by atoms with Crippen LogP contribution in [0, 0.1) is 5.82 Å². The lowest BCUT2D eigenvalue weighted by Gasteiger charge is -2.17. The molecule has 2 aromatic carbocycles. The van der Waals surface area contributed by atoms with Crippen LogP contribution in [0.1, 0.15) is 18.5 Å². The molecule has 0 aliphatic carbocycles. The van der Waals surface area contributed by atoms with Gasteiger partial charge in [-0.25, -0.2) is 4.39 Å². The average molecular weight is 275 g/mol. The molecule has 4 heteroatoms. The normalized spacial score (nSPS) is 12.0. The van der Waals surface area contributed by atoms with E-state index < -0.39 is 0 Å². The van der Waals surface area contributed by atoms with Crippen molar-refractivity contribution in [1.82, 2.24) is 5.32 Å². The van der Waals surface area contributed by atoms with Gasteiger partial charge in [0.25, 0.3) is 0 Å². The van der Waals surface area contributed by atoms with Gasteiger partial charge in [0.2, 0.25) is 0 Å². The molecule has 1 atom stereocenters. The summed E-state index contributed by atoms with van der Waals surface area (Å²) in [6, 6.07) is 11.9. The van der Waals surface area contributed by atoms with Gasteiger partial charge in [-0.05, 0) is 50.4 Å². The molecule has 0 amide bonds. The fraction of sp³-hybridized carbons (Fsp3) is 0.250. The van der Waals surface area contributed by atoms with Crippen molar-refractivity contribution in [3.8, 4) is 17.2 Å². The first-order valence-corrected chi connectivity index (χ1v) is 6.43. The Morgan fingerprint density at radius 3 is 2.30 bits per heavy atom. The van der Waals surface area contributed by atoms with Gasteiger partial charge >= 0.3 is 0 Å². The third kappa shape index (κ3) is 3.08. The van der Waals surface area contributed by atoms with Crippen LogP contribution >= 0.6 is 0 Å². The lowest BCUT2D eigenvalue weighted by molar-refractivity contribution is 0.412. The predicted molar refractivity (Wildman–Crippen MR) is 76.9 cm³/mol. The van der Waals surface area contributed by atoms with E-state index in [-0.39, 0.29) is 11.9 Å². The summed E-state index contributed by atoms with van der Waals surface area (Å²) in [5.74, 6) is 1.62. The largest absolute Gasteiger partial charge is 0.497 e. The van der Waals surface area contributed by atoms with Gasteiger partial charge < -0.3 is 14.8 Å². The van der Waals surface area contributed by atoms with Crippen molar-refractivity contribution >= 4 is 0 Å². The smallest absolute Gasteiger partial charge is 0.135 e. The molecule has 0 fully saturated rings. The fourth-order valence-corrected chi connectivity index (χ4v) is 1.94. The van der Waals surface area contributed by atoms with Gasteiger partial charge in [-0.2, -0.15) is 0 Å². The van der Waals surface area contributed by atoms with Crippen LogP contribution in [-0.2, 0) is 0 Å². The maximum absolute atomic E-state index is 14.0. The summed E-state index contributed by atoms with van der Waals surface area (Å²) in [7, 11) is 3.39. The van der Waals surface area contributed by atoms with Crippen LogP contribution in [0.4, 0.5) is 4.39 Å². The Morgan fingerprint density at radius 1 is 1.05 bits per heavy atom. The maximum Gasteiger partial charge on any atom is 0.135 e. The van der Waals surface area contributed by atoms with Crippen LogP contribution in [0.5, 0.6) is 17.2 Å². The molecule has 2 aromatic rings. The zero-order valence-corrected chi connectivity index (χ0v) is 11.8. The highest BCUT2D eigenvalue weighted by atomic mass is 19.1. The minimum absolute atomic E-state index is 0.135. The molecular formula is C16H18FNO2. The highest BCUT2D eigenvalue weighted by molar-refractivity contribution is 5.41. The van der Waals surface area contributed by atoms with Crippen LogP contribution in [0.25, 0.3) is 0 Å². The first kappa shape index (κ1) is 14.3. The molecule has 0 aliphatic heterocycles. The topological polar surface area (TPSA) is 30.5 Å². The first-order valence-electron chi connectivity index (χ1n) is 6.43. The standard InChI is InChI=1S/C16H18FNO2/c1-11(18-2)16-14(17)5-4-6-15(16)20-13-9-7-12(19-3)8-10-13/h4-11,18H,1-3H3. The molecule has 0 spiro atoms. The lowest BCUT2D eigenvalue weighted by Crippen LogP contribution is -2.14. The fourth-order valence-electron chi connectivity index (χ4n) is 1.94. The average Bonchev–Trinajstić information content (AvgIpc) is 2.47. The van der Waals surface area contributed by atoms with E-state index in [1.807, 2.05) is 6.92 Å². The summed E-state index contributed by atoms with van der Waals surface area (Å²) in [5.41, 5.74) is 0.519. The Balaban J connectivity index is 2.30. The molecule has 3 nitrogen and oxygen atoms in total. The van der Waals surface area contributed by atoms with Gasteiger partial charge in [0.05, 0.1) is 7.11 Å². The van der Waals surface area contributed by atoms with E-state index in [1.165, 1.54) is 6.07 Å². The molecule has 1 unspecified atom stereocenters. The van der Waals surface area contributed by atoms with Crippen LogP contribution in [-0.4, -0.2) is 14.2 Å². The van der Waals surface area contributed by atoms with Gasteiger partial charge in [-0.15, -0.1) is 0 Å². The van der Waals surface area contributed by atoms with Crippen molar-refractivity contribution in [2.75, 3.05) is 14.2 Å². The minimum atomic E-state index is -0.280. The summed E-state index contributed by atoms with van der Waals surface area (Å²) in [6.45, 7) is 1.89. The van der Waals surface area contributed by atoms with Crippen LogP contribution in [0.15, 0.2) is 42.5 Å². The summed E-state index contributed by atoms with van der Waals surface area (Å²) in [4.78, 5) is 0. The van der Waals surface area contributed by atoms with Crippen LogP contribution < -0.4 is 14.8 Å². The van der Waals surface area contributed by atoms with E-state index >= 15 is 0 Å². The molecule has 0 aromatic heterocycles. The van der Waals surface area contributed by atoms with Crippen molar-refractivity contribution < 1.29 is 13.9 Å². The van der Waals surface area contributed by atoms with Crippen molar-refractivity contribution in [2.24, 2.45) is 0 Å². The summed E-state index contributed by atoms with van der Waals surface area (Å²) < 4.78 is 24.8. The third-order valence-electron chi connectivity index (χ3n) is 3.17. The van der Waals surface area contributed by atoms with Gasteiger partial charge in [-0.3, -0.25) is 0 Å². The lowest BCUT2D eigenvalue weighted by atomic mass is 10.1. The molecule has 0 saturated heterocycles. The van der Waals surface area contributed by atoms with Gasteiger partial charge in [0.1, 0.15) is 23.1 Å². The molecule has 0 aliphatic rings. The van der Waals surface area contributed by atoms with E-state index in [2.05, 4.69) is 5.32 Å². The van der Waals surface area contributed by atoms with E-state index in [1.54, 1.807) is 50.6 Å². The second-order valence-electron chi connectivity index (χ2n) is 4.44. The molecule has 20 heavy (non-hydrogen) atoms. The number of hydrogen-bond acceptors (Lipinski definition) is 3.